The molecule has 3 N–H and O–H groups in total. The van der Waals surface area contributed by atoms with Crippen LogP contribution in [0.5, 0.6) is 0 Å². The topological polar surface area (TPSA) is 39.3 Å². The molecular formula is C10H24N4. The molecule has 1 heterocycles. The molecular weight excluding hydrogens is 176 g/mol. The third-order valence-corrected chi connectivity index (χ3v) is 2.61. The van der Waals surface area contributed by atoms with Crippen LogP contribution in [-0.2, 0) is 0 Å². The molecule has 0 radical (unpaired) electrons. The van der Waals surface area contributed by atoms with Crippen LogP contribution in [0.15, 0.2) is 0 Å². The maximum Gasteiger partial charge on any atom is 0.0107 e. The summed E-state index contributed by atoms with van der Waals surface area (Å²) in [5, 5.41) is 10.3. The highest BCUT2D eigenvalue weighted by Crippen LogP contribution is 1.85. The first-order valence-corrected chi connectivity index (χ1v) is 5.78. The molecule has 4 heteroatoms. The highest BCUT2D eigenvalue weighted by molar-refractivity contribution is 4.63. The minimum Gasteiger partial charge on any atom is -0.314 e. The average Bonchev–Trinajstić information content (AvgIpc) is 2.19. The molecule has 14 heavy (non-hydrogen) atoms. The highest BCUT2D eigenvalue weighted by atomic mass is 15.1. The summed E-state index contributed by atoms with van der Waals surface area (Å²) in [6.07, 6.45) is 0. The minimum absolute atomic E-state index is 1.08. The third-order valence-electron chi connectivity index (χ3n) is 2.61. The van der Waals surface area contributed by atoms with Crippen LogP contribution in [0.2, 0.25) is 0 Å². The van der Waals surface area contributed by atoms with Gasteiger partial charge in [-0.3, -0.25) is 0 Å². The van der Waals surface area contributed by atoms with Gasteiger partial charge in [-0.05, 0) is 6.54 Å². The van der Waals surface area contributed by atoms with E-state index in [0.717, 1.165) is 58.9 Å². The SMILES string of the molecule is CCN1CCNCCNCCNCC1. The Morgan fingerprint density at radius 1 is 0.786 bits per heavy atom. The Labute approximate surface area is 87.4 Å². The van der Waals surface area contributed by atoms with E-state index in [1.807, 2.05) is 0 Å². The second-order valence-corrected chi connectivity index (χ2v) is 3.68. The summed E-state index contributed by atoms with van der Waals surface area (Å²) in [6, 6.07) is 0. The lowest BCUT2D eigenvalue weighted by molar-refractivity contribution is 0.284. The zero-order chi connectivity index (χ0) is 10.1. The van der Waals surface area contributed by atoms with Crippen molar-refractivity contribution in [2.24, 2.45) is 0 Å². The van der Waals surface area contributed by atoms with Gasteiger partial charge in [0.05, 0.1) is 0 Å². The van der Waals surface area contributed by atoms with Crippen molar-refractivity contribution in [3.8, 4) is 0 Å². The van der Waals surface area contributed by atoms with Crippen molar-refractivity contribution in [1.29, 1.82) is 0 Å². The maximum atomic E-state index is 3.44. The van der Waals surface area contributed by atoms with Crippen molar-refractivity contribution >= 4 is 0 Å². The summed E-state index contributed by atoms with van der Waals surface area (Å²) in [5.41, 5.74) is 0. The molecule has 0 atom stereocenters. The summed E-state index contributed by atoms with van der Waals surface area (Å²) in [6.45, 7) is 12.2. The molecule has 84 valence electrons. The van der Waals surface area contributed by atoms with E-state index in [9.17, 15) is 0 Å². The molecule has 0 amide bonds. The van der Waals surface area contributed by atoms with Gasteiger partial charge in [0, 0.05) is 52.4 Å². The van der Waals surface area contributed by atoms with E-state index in [4.69, 9.17) is 0 Å². The van der Waals surface area contributed by atoms with E-state index >= 15 is 0 Å². The van der Waals surface area contributed by atoms with Gasteiger partial charge >= 0.3 is 0 Å². The number of nitrogens with zero attached hydrogens (tertiary/aromatic N) is 1. The fourth-order valence-electron chi connectivity index (χ4n) is 1.63. The van der Waals surface area contributed by atoms with E-state index in [1.165, 1.54) is 0 Å². The third kappa shape index (κ3) is 5.54. The molecule has 0 aromatic heterocycles. The number of hydrogen-bond acceptors (Lipinski definition) is 4. The monoisotopic (exact) mass is 200 g/mol. The van der Waals surface area contributed by atoms with Gasteiger partial charge < -0.3 is 20.9 Å². The summed E-state index contributed by atoms with van der Waals surface area (Å²) in [4.78, 5) is 2.48. The van der Waals surface area contributed by atoms with Gasteiger partial charge in [0.1, 0.15) is 0 Å². The predicted molar refractivity (Wildman–Crippen MR) is 60.7 cm³/mol. The first-order chi connectivity index (χ1) is 6.93. The van der Waals surface area contributed by atoms with Crippen LogP contribution in [0, 0.1) is 0 Å². The van der Waals surface area contributed by atoms with Crippen molar-refractivity contribution in [3.05, 3.63) is 0 Å². The predicted octanol–water partition coefficient (Wildman–Crippen LogP) is -0.909. The number of hydrogen-bond donors (Lipinski definition) is 3. The maximum absolute atomic E-state index is 3.44. The Bertz CT molecular complexity index is 117. The smallest absolute Gasteiger partial charge is 0.0107 e. The second kappa shape index (κ2) is 8.17. The van der Waals surface area contributed by atoms with Crippen LogP contribution >= 0.6 is 0 Å². The van der Waals surface area contributed by atoms with Gasteiger partial charge in [-0.2, -0.15) is 0 Å². The van der Waals surface area contributed by atoms with E-state index < -0.39 is 0 Å². The Balaban J connectivity index is 2.17. The van der Waals surface area contributed by atoms with Crippen LogP contribution in [0.1, 0.15) is 6.92 Å². The lowest BCUT2D eigenvalue weighted by Crippen LogP contribution is -2.41. The molecule has 1 rings (SSSR count). The Morgan fingerprint density at radius 2 is 1.21 bits per heavy atom. The zero-order valence-electron chi connectivity index (χ0n) is 9.31. The molecule has 0 aromatic carbocycles. The lowest BCUT2D eigenvalue weighted by Gasteiger charge is -2.21. The van der Waals surface area contributed by atoms with Crippen molar-refractivity contribution in [2.45, 2.75) is 6.92 Å². The molecule has 0 spiro atoms. The van der Waals surface area contributed by atoms with Crippen LogP contribution in [0.4, 0.5) is 0 Å². The van der Waals surface area contributed by atoms with Gasteiger partial charge in [0.25, 0.3) is 0 Å². The standard InChI is InChI=1S/C10H24N4/c1-2-14-9-7-12-5-3-11-4-6-13-8-10-14/h11-13H,2-10H2,1H3. The van der Waals surface area contributed by atoms with E-state index in [-0.39, 0.29) is 0 Å². The van der Waals surface area contributed by atoms with Gasteiger partial charge in [-0.1, -0.05) is 6.92 Å². The Hall–Kier alpha value is -0.160. The molecule has 1 saturated heterocycles. The first-order valence-electron chi connectivity index (χ1n) is 5.78. The number of nitrogens with one attached hydrogen (secondary N) is 3. The summed E-state index contributed by atoms with van der Waals surface area (Å²) in [7, 11) is 0. The molecule has 1 aliphatic heterocycles. The Morgan fingerprint density at radius 3 is 1.64 bits per heavy atom. The normalized spacial score (nSPS) is 23.8. The van der Waals surface area contributed by atoms with Crippen LogP contribution in [-0.4, -0.2) is 63.8 Å². The average molecular weight is 200 g/mol. The quantitative estimate of drug-likeness (QED) is 0.512. The van der Waals surface area contributed by atoms with Crippen molar-refractivity contribution < 1.29 is 0 Å². The molecule has 0 bridgehead atoms. The van der Waals surface area contributed by atoms with Crippen molar-refractivity contribution in [3.63, 3.8) is 0 Å². The second-order valence-electron chi connectivity index (χ2n) is 3.68. The summed E-state index contributed by atoms with van der Waals surface area (Å²) >= 11 is 0. The van der Waals surface area contributed by atoms with Crippen molar-refractivity contribution in [1.82, 2.24) is 20.9 Å². The largest absolute Gasteiger partial charge is 0.314 e. The molecule has 0 saturated carbocycles. The zero-order valence-corrected chi connectivity index (χ0v) is 9.31. The van der Waals surface area contributed by atoms with Crippen molar-refractivity contribution in [2.75, 3.05) is 58.9 Å². The molecule has 4 nitrogen and oxygen atoms in total. The van der Waals surface area contributed by atoms with Crippen LogP contribution in [0.3, 0.4) is 0 Å². The van der Waals surface area contributed by atoms with Gasteiger partial charge in [0.2, 0.25) is 0 Å². The van der Waals surface area contributed by atoms with Crippen LogP contribution < -0.4 is 16.0 Å². The van der Waals surface area contributed by atoms with Gasteiger partial charge in [-0.25, -0.2) is 0 Å². The fourth-order valence-corrected chi connectivity index (χ4v) is 1.63. The fraction of sp³-hybridized carbons (Fsp3) is 1.00. The molecule has 0 aliphatic carbocycles. The summed E-state index contributed by atoms with van der Waals surface area (Å²) < 4.78 is 0. The minimum atomic E-state index is 1.08. The molecule has 1 aliphatic rings. The Kier molecular flexibility index (Phi) is 6.95. The number of rotatable bonds is 1. The van der Waals surface area contributed by atoms with Crippen LogP contribution in [0.25, 0.3) is 0 Å². The molecule has 0 unspecified atom stereocenters. The van der Waals surface area contributed by atoms with E-state index in [0.29, 0.717) is 0 Å². The number of likely N-dealkylation sites (N-methyl/N-ethyl adjacent to an activating group) is 1. The van der Waals surface area contributed by atoms with Gasteiger partial charge in [0.15, 0.2) is 0 Å². The molecule has 1 fully saturated rings. The summed E-state index contributed by atoms with van der Waals surface area (Å²) in [5.74, 6) is 0. The highest BCUT2D eigenvalue weighted by Gasteiger charge is 2.01. The van der Waals surface area contributed by atoms with E-state index in [1.54, 1.807) is 0 Å². The van der Waals surface area contributed by atoms with Gasteiger partial charge in [-0.15, -0.1) is 0 Å². The molecule has 0 aromatic rings. The van der Waals surface area contributed by atoms with E-state index in [2.05, 4.69) is 27.8 Å². The lowest BCUT2D eigenvalue weighted by atomic mass is 10.4. The first kappa shape index (κ1) is 11.9.